The van der Waals surface area contributed by atoms with Gasteiger partial charge in [0.05, 0.1) is 16.0 Å². The molecule has 1 atom stereocenters. The van der Waals surface area contributed by atoms with Crippen LogP contribution >= 0.6 is 38.9 Å². The fraction of sp³-hybridized carbons (Fsp3) is 0.231. The standard InChI is InChI=1S/C13H11BrClFOS/c1-7-6-18-13(12(7)15)11(17)5-8-4-9(14)2-3-10(8)16/h2-4,6,11,17H,5H2,1H3. The number of aryl methyl sites for hydroxylation is 1. The van der Waals surface area contributed by atoms with Crippen molar-refractivity contribution < 1.29 is 9.50 Å². The maximum Gasteiger partial charge on any atom is 0.126 e. The molecular weight excluding hydrogens is 339 g/mol. The van der Waals surface area contributed by atoms with E-state index in [9.17, 15) is 9.50 Å². The molecule has 1 heterocycles. The first-order valence-corrected chi connectivity index (χ1v) is 7.39. The normalized spacial score (nSPS) is 12.7. The van der Waals surface area contributed by atoms with Gasteiger partial charge in [0.25, 0.3) is 0 Å². The van der Waals surface area contributed by atoms with Crippen molar-refractivity contribution in [2.75, 3.05) is 0 Å². The van der Waals surface area contributed by atoms with Crippen molar-refractivity contribution in [3.05, 3.63) is 54.9 Å². The van der Waals surface area contributed by atoms with E-state index >= 15 is 0 Å². The number of halogens is 3. The molecule has 1 nitrogen and oxygen atoms in total. The summed E-state index contributed by atoms with van der Waals surface area (Å²) in [7, 11) is 0. The Morgan fingerprint density at radius 3 is 2.83 bits per heavy atom. The van der Waals surface area contributed by atoms with Crippen LogP contribution in [0.1, 0.15) is 22.1 Å². The second kappa shape index (κ2) is 5.70. The van der Waals surface area contributed by atoms with E-state index in [1.807, 2.05) is 12.3 Å². The lowest BCUT2D eigenvalue weighted by molar-refractivity contribution is 0.181. The van der Waals surface area contributed by atoms with Crippen molar-refractivity contribution in [3.63, 3.8) is 0 Å². The number of benzene rings is 1. The molecule has 0 fully saturated rings. The number of aliphatic hydroxyl groups excluding tert-OH is 1. The molecule has 0 bridgehead atoms. The van der Waals surface area contributed by atoms with E-state index in [0.717, 1.165) is 10.0 Å². The molecule has 1 aromatic carbocycles. The van der Waals surface area contributed by atoms with Crippen LogP contribution in [0.3, 0.4) is 0 Å². The highest BCUT2D eigenvalue weighted by molar-refractivity contribution is 9.10. The summed E-state index contributed by atoms with van der Waals surface area (Å²) in [5, 5.41) is 12.6. The van der Waals surface area contributed by atoms with E-state index in [2.05, 4.69) is 15.9 Å². The van der Waals surface area contributed by atoms with Crippen LogP contribution in [0.2, 0.25) is 5.02 Å². The van der Waals surface area contributed by atoms with Crippen molar-refractivity contribution in [1.29, 1.82) is 0 Å². The van der Waals surface area contributed by atoms with Crippen LogP contribution in [0, 0.1) is 12.7 Å². The van der Waals surface area contributed by atoms with Gasteiger partial charge < -0.3 is 5.11 Å². The Morgan fingerprint density at radius 1 is 1.50 bits per heavy atom. The Bertz CT molecular complexity index is 570. The minimum absolute atomic E-state index is 0.213. The molecule has 1 unspecified atom stereocenters. The van der Waals surface area contributed by atoms with E-state index in [1.54, 1.807) is 12.1 Å². The number of thiophene rings is 1. The van der Waals surface area contributed by atoms with Crippen LogP contribution in [0.15, 0.2) is 28.1 Å². The average Bonchev–Trinajstić information content (AvgIpc) is 2.65. The van der Waals surface area contributed by atoms with Crippen LogP contribution in [0.5, 0.6) is 0 Å². The Labute approximate surface area is 122 Å². The third-order valence-electron chi connectivity index (χ3n) is 2.65. The summed E-state index contributed by atoms with van der Waals surface area (Å²) in [6.45, 7) is 1.88. The quantitative estimate of drug-likeness (QED) is 0.836. The molecule has 2 aromatic rings. The summed E-state index contributed by atoms with van der Waals surface area (Å²) in [4.78, 5) is 0.688. The van der Waals surface area contributed by atoms with Crippen LogP contribution in [0.4, 0.5) is 4.39 Å². The van der Waals surface area contributed by atoms with Gasteiger partial charge in [0, 0.05) is 10.9 Å². The molecule has 2 rings (SSSR count). The fourth-order valence-corrected chi connectivity index (χ4v) is 3.39. The maximum atomic E-state index is 13.6. The molecule has 1 aromatic heterocycles. The van der Waals surface area contributed by atoms with Crippen molar-refractivity contribution in [1.82, 2.24) is 0 Å². The molecule has 0 amide bonds. The summed E-state index contributed by atoms with van der Waals surface area (Å²) in [6.07, 6.45) is -0.565. The molecule has 0 aliphatic heterocycles. The first kappa shape index (κ1) is 14.0. The van der Waals surface area contributed by atoms with Gasteiger partial charge in [0.2, 0.25) is 0 Å². The van der Waals surface area contributed by atoms with Crippen molar-refractivity contribution in [2.24, 2.45) is 0 Å². The van der Waals surface area contributed by atoms with Gasteiger partial charge >= 0.3 is 0 Å². The summed E-state index contributed by atoms with van der Waals surface area (Å²) < 4.78 is 14.4. The number of aliphatic hydroxyl groups is 1. The molecule has 0 radical (unpaired) electrons. The van der Waals surface area contributed by atoms with Gasteiger partial charge in [-0.2, -0.15) is 0 Å². The first-order chi connectivity index (χ1) is 8.49. The predicted molar refractivity (Wildman–Crippen MR) is 76.8 cm³/mol. The number of rotatable bonds is 3. The maximum absolute atomic E-state index is 13.6. The van der Waals surface area contributed by atoms with Gasteiger partial charge in [-0.3, -0.25) is 0 Å². The highest BCUT2D eigenvalue weighted by Gasteiger charge is 2.17. The molecule has 1 N–H and O–H groups in total. The van der Waals surface area contributed by atoms with E-state index in [1.165, 1.54) is 17.4 Å². The van der Waals surface area contributed by atoms with Crippen LogP contribution in [-0.4, -0.2) is 5.11 Å². The van der Waals surface area contributed by atoms with E-state index < -0.39 is 6.10 Å². The van der Waals surface area contributed by atoms with E-state index in [4.69, 9.17) is 11.6 Å². The lowest BCUT2D eigenvalue weighted by Gasteiger charge is -2.11. The monoisotopic (exact) mass is 348 g/mol. The predicted octanol–water partition coefficient (Wildman–Crippen LogP) is 4.89. The molecule has 0 aliphatic rings. The van der Waals surface area contributed by atoms with Gasteiger partial charge in [0.1, 0.15) is 5.82 Å². The Morgan fingerprint density at radius 2 is 2.22 bits per heavy atom. The zero-order valence-corrected chi connectivity index (χ0v) is 12.7. The minimum atomic E-state index is -0.778. The third-order valence-corrected chi connectivity index (χ3v) is 4.96. The molecule has 0 saturated carbocycles. The number of hydrogen-bond acceptors (Lipinski definition) is 2. The largest absolute Gasteiger partial charge is 0.387 e. The van der Waals surface area contributed by atoms with Gasteiger partial charge in [-0.1, -0.05) is 27.5 Å². The smallest absolute Gasteiger partial charge is 0.126 e. The van der Waals surface area contributed by atoms with E-state index in [0.29, 0.717) is 15.5 Å². The summed E-state index contributed by atoms with van der Waals surface area (Å²) in [6, 6.07) is 4.69. The van der Waals surface area contributed by atoms with Crippen molar-refractivity contribution >= 4 is 38.9 Å². The molecular formula is C13H11BrClFOS. The second-order valence-electron chi connectivity index (χ2n) is 4.05. The highest BCUT2D eigenvalue weighted by atomic mass is 79.9. The molecule has 18 heavy (non-hydrogen) atoms. The zero-order valence-electron chi connectivity index (χ0n) is 9.58. The molecule has 0 spiro atoms. The lowest BCUT2D eigenvalue weighted by atomic mass is 10.1. The third kappa shape index (κ3) is 2.94. The van der Waals surface area contributed by atoms with Crippen LogP contribution in [0.25, 0.3) is 0 Å². The summed E-state index contributed by atoms with van der Waals surface area (Å²) >= 11 is 10.8. The average molecular weight is 350 g/mol. The Balaban J connectivity index is 2.23. The fourth-order valence-electron chi connectivity index (χ4n) is 1.68. The van der Waals surface area contributed by atoms with Gasteiger partial charge in [-0.15, -0.1) is 11.3 Å². The van der Waals surface area contributed by atoms with Gasteiger partial charge in [-0.25, -0.2) is 4.39 Å². The van der Waals surface area contributed by atoms with Crippen LogP contribution < -0.4 is 0 Å². The van der Waals surface area contributed by atoms with Crippen LogP contribution in [-0.2, 0) is 6.42 Å². The first-order valence-electron chi connectivity index (χ1n) is 5.34. The molecule has 5 heteroatoms. The Hall–Kier alpha value is -0.420. The molecule has 0 saturated heterocycles. The topological polar surface area (TPSA) is 20.2 Å². The Kier molecular flexibility index (Phi) is 4.43. The number of hydrogen-bond donors (Lipinski definition) is 1. The second-order valence-corrected chi connectivity index (χ2v) is 6.26. The lowest BCUT2D eigenvalue weighted by Crippen LogP contribution is -2.02. The van der Waals surface area contributed by atoms with Crippen molar-refractivity contribution in [3.8, 4) is 0 Å². The molecule has 96 valence electrons. The summed E-state index contributed by atoms with van der Waals surface area (Å²) in [5.41, 5.74) is 1.41. The summed E-state index contributed by atoms with van der Waals surface area (Å²) in [5.74, 6) is -0.318. The zero-order chi connectivity index (χ0) is 13.3. The van der Waals surface area contributed by atoms with Gasteiger partial charge in [-0.05, 0) is 41.6 Å². The van der Waals surface area contributed by atoms with Crippen molar-refractivity contribution in [2.45, 2.75) is 19.4 Å². The minimum Gasteiger partial charge on any atom is -0.387 e. The SMILES string of the molecule is Cc1csc(C(O)Cc2cc(Br)ccc2F)c1Cl. The molecule has 0 aliphatic carbocycles. The van der Waals surface area contributed by atoms with E-state index in [-0.39, 0.29) is 12.2 Å². The van der Waals surface area contributed by atoms with Gasteiger partial charge in [0.15, 0.2) is 0 Å². The highest BCUT2D eigenvalue weighted by Crippen LogP contribution is 2.34.